The Labute approximate surface area is 334 Å². The van der Waals surface area contributed by atoms with Gasteiger partial charge in [0.05, 0.1) is 11.4 Å². The van der Waals surface area contributed by atoms with Gasteiger partial charge in [0.2, 0.25) is 0 Å². The highest BCUT2D eigenvalue weighted by Gasteiger charge is 2.21. The van der Waals surface area contributed by atoms with Gasteiger partial charge in [0, 0.05) is 56.5 Å². The summed E-state index contributed by atoms with van der Waals surface area (Å²) in [5, 5.41) is 2.03. The van der Waals surface area contributed by atoms with Crippen molar-refractivity contribution in [2.45, 2.75) is 0 Å². The minimum atomic E-state index is 0.609. The van der Waals surface area contributed by atoms with Crippen LogP contribution >= 0.6 is 0 Å². The van der Waals surface area contributed by atoms with Gasteiger partial charge in [0.25, 0.3) is 0 Å². The number of furan rings is 1. The van der Waals surface area contributed by atoms with Crippen LogP contribution < -0.4 is 4.74 Å². The van der Waals surface area contributed by atoms with Gasteiger partial charge in [-0.2, -0.15) is 0 Å². The molecule has 0 N–H and O–H groups in total. The summed E-state index contributed by atoms with van der Waals surface area (Å²) in [6.45, 7) is 0. The van der Waals surface area contributed by atoms with E-state index in [4.69, 9.17) is 29.1 Å². The van der Waals surface area contributed by atoms with Gasteiger partial charge in [-0.05, 0) is 58.7 Å². The summed E-state index contributed by atoms with van der Waals surface area (Å²) in [6, 6.07) is 57.5. The maximum Gasteiger partial charge on any atom is 0.160 e. The van der Waals surface area contributed by atoms with Gasteiger partial charge in [-0.3, -0.25) is 0 Å². The zero-order chi connectivity index (χ0) is 38.4. The Morgan fingerprint density at radius 2 is 1.00 bits per heavy atom. The molecule has 7 aromatic carbocycles. The Morgan fingerprint density at radius 1 is 0.362 bits per heavy atom. The standard InChI is InChI=1S/C52H32N4O2/c1-3-14-35(15-4-1)51-53-31-38(32-54-51)46-30-45(55-52(56-46)36-16-5-2-6-17-36)37-26-25-34-24-23-33-13-7-8-18-39(33)40-19-9-11-21-47(40)57-50-28-43-41-20-10-12-22-48(41)58-49(43)29-44(50)42(34)27-37/h1-32H. The molecule has 0 saturated heterocycles. The summed E-state index contributed by atoms with van der Waals surface area (Å²) in [7, 11) is 0. The molecule has 3 aromatic heterocycles. The van der Waals surface area contributed by atoms with E-state index >= 15 is 0 Å². The monoisotopic (exact) mass is 744 g/mol. The summed E-state index contributed by atoms with van der Waals surface area (Å²) in [4.78, 5) is 19.7. The average Bonchev–Trinajstić information content (AvgIpc) is 3.65. The predicted octanol–water partition coefficient (Wildman–Crippen LogP) is 13.4. The maximum atomic E-state index is 7.05. The highest BCUT2D eigenvalue weighted by Crippen LogP contribution is 2.46. The van der Waals surface area contributed by atoms with E-state index in [1.807, 2.05) is 109 Å². The van der Waals surface area contributed by atoms with E-state index in [-0.39, 0.29) is 0 Å². The lowest BCUT2D eigenvalue weighted by Gasteiger charge is -2.17. The van der Waals surface area contributed by atoms with E-state index in [0.717, 1.165) is 100 Å². The summed E-state index contributed by atoms with van der Waals surface area (Å²) < 4.78 is 13.5. The fourth-order valence-electron chi connectivity index (χ4n) is 7.76. The van der Waals surface area contributed by atoms with Crippen LogP contribution in [0.1, 0.15) is 11.1 Å². The number of rotatable bonds is 4. The van der Waals surface area contributed by atoms with Gasteiger partial charge in [0.15, 0.2) is 11.6 Å². The lowest BCUT2D eigenvalue weighted by Crippen LogP contribution is -1.98. The van der Waals surface area contributed by atoms with E-state index in [1.54, 1.807) is 0 Å². The molecule has 0 unspecified atom stereocenters. The molecule has 0 fully saturated rings. The summed E-state index contributed by atoms with van der Waals surface area (Å²) in [5.41, 5.74) is 12.8. The van der Waals surface area contributed by atoms with Crippen LogP contribution in [0.3, 0.4) is 0 Å². The van der Waals surface area contributed by atoms with Gasteiger partial charge < -0.3 is 9.15 Å². The zero-order valence-electron chi connectivity index (χ0n) is 31.1. The second-order valence-electron chi connectivity index (χ2n) is 14.3. The van der Waals surface area contributed by atoms with Crippen molar-refractivity contribution in [3.63, 3.8) is 0 Å². The van der Waals surface area contributed by atoms with Crippen molar-refractivity contribution in [1.29, 1.82) is 0 Å². The summed E-state index contributed by atoms with van der Waals surface area (Å²) >= 11 is 0. The first-order valence-corrected chi connectivity index (χ1v) is 19.2. The number of para-hydroxylation sites is 2. The summed E-state index contributed by atoms with van der Waals surface area (Å²) in [6.07, 6.45) is 8.04. The molecule has 11 rings (SSSR count). The molecule has 0 spiro atoms. The maximum absolute atomic E-state index is 7.05. The van der Waals surface area contributed by atoms with Crippen LogP contribution in [0.15, 0.2) is 187 Å². The SMILES string of the molecule is C1=Cc2ccc(-c3cc(-c4cnc(-c5ccccc5)nc4)nc(-c4ccccc4)n3)cc2-c2cc3oc4ccccc4c3cc2Oc2ccccc2-c2ccccc21. The van der Waals surface area contributed by atoms with Crippen LogP contribution in [0.2, 0.25) is 0 Å². The first kappa shape index (κ1) is 33.4. The Morgan fingerprint density at radius 3 is 1.79 bits per heavy atom. The molecular weight excluding hydrogens is 713 g/mol. The molecule has 6 nitrogen and oxygen atoms in total. The number of benzene rings is 7. The first-order valence-electron chi connectivity index (χ1n) is 19.2. The zero-order valence-corrected chi connectivity index (χ0v) is 31.1. The summed E-state index contributed by atoms with van der Waals surface area (Å²) in [5.74, 6) is 2.76. The third-order valence-electron chi connectivity index (χ3n) is 10.7. The second-order valence-corrected chi connectivity index (χ2v) is 14.3. The topological polar surface area (TPSA) is 73.9 Å². The van der Waals surface area contributed by atoms with Gasteiger partial charge >= 0.3 is 0 Å². The lowest BCUT2D eigenvalue weighted by atomic mass is 9.93. The molecular formula is C52H32N4O2. The van der Waals surface area contributed by atoms with E-state index < -0.39 is 0 Å². The van der Waals surface area contributed by atoms with E-state index in [9.17, 15) is 0 Å². The van der Waals surface area contributed by atoms with Gasteiger partial charge in [-0.25, -0.2) is 19.9 Å². The Bertz CT molecular complexity index is 3190. The minimum absolute atomic E-state index is 0.609. The molecule has 1 aliphatic heterocycles. The molecule has 0 atom stereocenters. The number of hydrogen-bond donors (Lipinski definition) is 0. The van der Waals surface area contributed by atoms with Gasteiger partial charge in [-0.1, -0.05) is 146 Å². The predicted molar refractivity (Wildman–Crippen MR) is 233 cm³/mol. The van der Waals surface area contributed by atoms with Gasteiger partial charge in [-0.15, -0.1) is 0 Å². The quantitative estimate of drug-likeness (QED) is 0.179. The number of ether oxygens (including phenoxy) is 1. The Hall–Kier alpha value is -7.96. The number of fused-ring (bicyclic) bond motifs is 9. The molecule has 6 heteroatoms. The molecule has 4 heterocycles. The second kappa shape index (κ2) is 14.0. The van der Waals surface area contributed by atoms with Crippen LogP contribution in [0.4, 0.5) is 0 Å². The molecule has 1 aliphatic rings. The molecule has 272 valence electrons. The van der Waals surface area contributed by atoms with E-state index in [1.165, 1.54) is 0 Å². The van der Waals surface area contributed by atoms with Crippen molar-refractivity contribution in [1.82, 2.24) is 19.9 Å². The largest absolute Gasteiger partial charge is 0.456 e. The van der Waals surface area contributed by atoms with E-state index in [0.29, 0.717) is 11.6 Å². The third kappa shape index (κ3) is 6.01. The molecule has 0 aliphatic carbocycles. The molecule has 0 radical (unpaired) electrons. The number of aromatic nitrogens is 4. The molecule has 0 bridgehead atoms. The van der Waals surface area contributed by atoms with Crippen molar-refractivity contribution >= 4 is 34.1 Å². The van der Waals surface area contributed by atoms with Gasteiger partial charge in [0.1, 0.15) is 22.7 Å². The van der Waals surface area contributed by atoms with Crippen molar-refractivity contribution in [3.05, 3.63) is 193 Å². The van der Waals surface area contributed by atoms with Crippen molar-refractivity contribution in [2.24, 2.45) is 0 Å². The Kier molecular flexibility index (Phi) is 8.04. The van der Waals surface area contributed by atoms with Crippen LogP contribution in [0.25, 0.3) is 102 Å². The fraction of sp³-hybridized carbons (Fsp3) is 0. The minimum Gasteiger partial charge on any atom is -0.456 e. The molecule has 0 saturated carbocycles. The molecule has 58 heavy (non-hydrogen) atoms. The van der Waals surface area contributed by atoms with Crippen LogP contribution in [0, 0.1) is 0 Å². The number of nitrogens with zero attached hydrogens (tertiary/aromatic N) is 4. The smallest absolute Gasteiger partial charge is 0.160 e. The molecule has 0 amide bonds. The lowest BCUT2D eigenvalue weighted by molar-refractivity contribution is 0.487. The highest BCUT2D eigenvalue weighted by molar-refractivity contribution is 6.07. The average molecular weight is 745 g/mol. The fourth-order valence-corrected chi connectivity index (χ4v) is 7.76. The number of hydrogen-bond acceptors (Lipinski definition) is 6. The first-order chi connectivity index (χ1) is 28.7. The van der Waals surface area contributed by atoms with Crippen molar-refractivity contribution < 1.29 is 9.15 Å². The van der Waals surface area contributed by atoms with Crippen LogP contribution in [-0.4, -0.2) is 19.9 Å². The van der Waals surface area contributed by atoms with E-state index in [2.05, 4.69) is 84.9 Å². The van der Waals surface area contributed by atoms with Crippen molar-refractivity contribution in [3.8, 4) is 79.0 Å². The Balaban J connectivity index is 1.13. The third-order valence-corrected chi connectivity index (χ3v) is 10.7. The molecule has 10 aromatic rings. The van der Waals surface area contributed by atoms with Crippen molar-refractivity contribution in [2.75, 3.05) is 0 Å². The highest BCUT2D eigenvalue weighted by atomic mass is 16.5. The normalized spacial score (nSPS) is 11.9. The van der Waals surface area contributed by atoms with Crippen LogP contribution in [-0.2, 0) is 0 Å². The van der Waals surface area contributed by atoms with Crippen LogP contribution in [0.5, 0.6) is 11.5 Å².